The SMILES string of the molecule is CC1(Oc2ccccc2)CCN(CCOc2ccccc2F)CC1.CC1(Oc2ccccc2)CCNCC1.Cl.Fc1ccccc1OCCBr. The summed E-state index contributed by atoms with van der Waals surface area (Å²) in [6.07, 6.45) is 4.12. The van der Waals surface area contributed by atoms with Crippen LogP contribution in [0.3, 0.4) is 0 Å². The maximum absolute atomic E-state index is 13.5. The summed E-state index contributed by atoms with van der Waals surface area (Å²) in [5, 5.41) is 4.06. The van der Waals surface area contributed by atoms with Crippen molar-refractivity contribution in [3.8, 4) is 23.0 Å². The van der Waals surface area contributed by atoms with Crippen molar-refractivity contribution in [1.29, 1.82) is 0 Å². The zero-order valence-corrected chi connectivity index (χ0v) is 31.4. The van der Waals surface area contributed by atoms with E-state index in [1.165, 1.54) is 12.1 Å². The Bertz CT molecular complexity index is 1490. The van der Waals surface area contributed by atoms with E-state index in [4.69, 9.17) is 18.9 Å². The maximum atomic E-state index is 13.5. The number of likely N-dealkylation sites (tertiary alicyclic amines) is 1. The Kier molecular flexibility index (Phi) is 17.9. The van der Waals surface area contributed by atoms with Gasteiger partial charge in [-0.25, -0.2) is 8.78 Å². The number of halogens is 4. The Hall–Kier alpha value is -3.37. The topological polar surface area (TPSA) is 52.2 Å². The van der Waals surface area contributed by atoms with Gasteiger partial charge in [0, 0.05) is 25.0 Å². The molecule has 2 aliphatic rings. The van der Waals surface area contributed by atoms with E-state index in [1.807, 2.05) is 60.7 Å². The molecule has 4 aromatic rings. The van der Waals surface area contributed by atoms with Crippen molar-refractivity contribution in [3.63, 3.8) is 0 Å². The van der Waals surface area contributed by atoms with Crippen molar-refractivity contribution in [2.45, 2.75) is 50.7 Å². The van der Waals surface area contributed by atoms with Crippen LogP contribution in [0.25, 0.3) is 0 Å². The van der Waals surface area contributed by atoms with Gasteiger partial charge in [-0.2, -0.15) is 0 Å². The number of para-hydroxylation sites is 4. The summed E-state index contributed by atoms with van der Waals surface area (Å²) < 4.78 is 49.1. The number of nitrogens with one attached hydrogen (secondary N) is 1. The number of hydrogen-bond acceptors (Lipinski definition) is 6. The Morgan fingerprint density at radius 3 is 1.50 bits per heavy atom. The lowest BCUT2D eigenvalue weighted by molar-refractivity contribution is 0.0134. The molecule has 0 unspecified atom stereocenters. The summed E-state index contributed by atoms with van der Waals surface area (Å²) in [4.78, 5) is 2.34. The minimum absolute atomic E-state index is 0. The van der Waals surface area contributed by atoms with Gasteiger partial charge in [0.2, 0.25) is 0 Å². The molecule has 0 aliphatic carbocycles. The molecule has 6 rings (SSSR count). The molecule has 6 nitrogen and oxygen atoms in total. The molecular formula is C40H50BrClF2N2O4. The highest BCUT2D eigenvalue weighted by Crippen LogP contribution is 2.28. The van der Waals surface area contributed by atoms with Gasteiger partial charge in [-0.05, 0) is 101 Å². The summed E-state index contributed by atoms with van der Waals surface area (Å²) in [6, 6.07) is 33.0. The van der Waals surface area contributed by atoms with Crippen molar-refractivity contribution < 1.29 is 27.7 Å². The molecule has 50 heavy (non-hydrogen) atoms. The Labute approximate surface area is 311 Å². The zero-order valence-electron chi connectivity index (χ0n) is 29.0. The van der Waals surface area contributed by atoms with Crippen LogP contribution in [0.5, 0.6) is 23.0 Å². The molecule has 272 valence electrons. The van der Waals surface area contributed by atoms with Crippen LogP contribution in [0.15, 0.2) is 109 Å². The first-order valence-corrected chi connectivity index (χ1v) is 18.1. The highest BCUT2D eigenvalue weighted by molar-refractivity contribution is 9.09. The van der Waals surface area contributed by atoms with E-state index >= 15 is 0 Å². The van der Waals surface area contributed by atoms with Crippen molar-refractivity contribution in [3.05, 3.63) is 121 Å². The number of nitrogens with zero attached hydrogens (tertiary/aromatic N) is 1. The molecule has 0 amide bonds. The summed E-state index contributed by atoms with van der Waals surface area (Å²) in [7, 11) is 0. The van der Waals surface area contributed by atoms with E-state index < -0.39 is 0 Å². The number of piperidine rings is 2. The van der Waals surface area contributed by atoms with E-state index in [0.29, 0.717) is 30.0 Å². The normalized spacial score (nSPS) is 16.2. The molecule has 4 aromatic carbocycles. The predicted octanol–water partition coefficient (Wildman–Crippen LogP) is 9.37. The monoisotopic (exact) mass is 774 g/mol. The molecule has 0 bridgehead atoms. The van der Waals surface area contributed by atoms with Gasteiger partial charge in [-0.1, -0.05) is 76.6 Å². The predicted molar refractivity (Wildman–Crippen MR) is 204 cm³/mol. The first kappa shape index (κ1) is 41.1. The molecule has 2 heterocycles. The van der Waals surface area contributed by atoms with Gasteiger partial charge in [0.15, 0.2) is 23.1 Å². The summed E-state index contributed by atoms with van der Waals surface area (Å²) in [5.41, 5.74) is -0.100. The lowest BCUT2D eigenvalue weighted by Crippen LogP contribution is -2.47. The number of rotatable bonds is 11. The largest absolute Gasteiger partial charge is 0.490 e. The van der Waals surface area contributed by atoms with Crippen LogP contribution >= 0.6 is 28.3 Å². The summed E-state index contributed by atoms with van der Waals surface area (Å²) in [5.74, 6) is 1.93. The smallest absolute Gasteiger partial charge is 0.165 e. The van der Waals surface area contributed by atoms with Crippen LogP contribution in [-0.2, 0) is 0 Å². The average molecular weight is 776 g/mol. The molecule has 2 fully saturated rings. The van der Waals surface area contributed by atoms with E-state index in [0.717, 1.165) is 69.9 Å². The molecule has 0 radical (unpaired) electrons. The van der Waals surface area contributed by atoms with Crippen LogP contribution in [0, 0.1) is 11.6 Å². The Morgan fingerprint density at radius 2 is 1.04 bits per heavy atom. The number of alkyl halides is 1. The second kappa shape index (κ2) is 21.8. The molecule has 0 saturated carbocycles. The molecule has 2 aliphatic heterocycles. The van der Waals surface area contributed by atoms with Crippen LogP contribution in [0.1, 0.15) is 39.5 Å². The quantitative estimate of drug-likeness (QED) is 0.153. The van der Waals surface area contributed by atoms with Gasteiger partial charge in [0.05, 0.1) is 6.61 Å². The highest BCUT2D eigenvalue weighted by atomic mass is 79.9. The van der Waals surface area contributed by atoms with E-state index in [-0.39, 0.29) is 35.2 Å². The minimum atomic E-state index is -0.312. The van der Waals surface area contributed by atoms with Crippen molar-refractivity contribution in [2.75, 3.05) is 51.3 Å². The van der Waals surface area contributed by atoms with Gasteiger partial charge in [0.25, 0.3) is 0 Å². The fourth-order valence-corrected chi connectivity index (χ4v) is 5.67. The standard InChI is InChI=1S/C20H24FNO2.C12H17NO.C8H8BrFO.ClH/c1-20(24-17-7-3-2-4-8-17)11-13-22(14-12-20)15-16-23-19-10-6-5-9-18(19)21;1-12(7-9-13-10-8-12)14-11-5-3-2-4-6-11;9-5-6-11-8-4-2-1-3-7(8)10;/h2-10H,11-16H2,1H3;2-6,13H,7-10H2,1H3;1-4H,5-6H2;1H. The Balaban J connectivity index is 0.000000221. The highest BCUT2D eigenvalue weighted by Gasteiger charge is 2.32. The third kappa shape index (κ3) is 14.5. The molecule has 0 atom stereocenters. The fourth-order valence-electron chi connectivity index (χ4n) is 5.51. The lowest BCUT2D eigenvalue weighted by Gasteiger charge is -2.39. The second-order valence-corrected chi connectivity index (χ2v) is 13.4. The maximum Gasteiger partial charge on any atom is 0.165 e. The van der Waals surface area contributed by atoms with Crippen molar-refractivity contribution in [1.82, 2.24) is 10.2 Å². The molecule has 0 spiro atoms. The van der Waals surface area contributed by atoms with Crippen LogP contribution in [0.4, 0.5) is 8.78 Å². The van der Waals surface area contributed by atoms with Crippen molar-refractivity contribution in [2.24, 2.45) is 0 Å². The fraction of sp³-hybridized carbons (Fsp3) is 0.400. The third-order valence-corrected chi connectivity index (χ3v) is 8.79. The molecular weight excluding hydrogens is 726 g/mol. The number of benzene rings is 4. The Morgan fingerprint density at radius 1 is 0.620 bits per heavy atom. The van der Waals surface area contributed by atoms with Gasteiger partial charge in [0.1, 0.15) is 29.3 Å². The van der Waals surface area contributed by atoms with Gasteiger partial charge in [-0.3, -0.25) is 4.90 Å². The van der Waals surface area contributed by atoms with E-state index in [9.17, 15) is 8.78 Å². The van der Waals surface area contributed by atoms with Crippen molar-refractivity contribution >= 4 is 28.3 Å². The lowest BCUT2D eigenvalue weighted by atomic mass is 9.93. The van der Waals surface area contributed by atoms with E-state index in [1.54, 1.807) is 36.4 Å². The zero-order chi connectivity index (χ0) is 34.8. The van der Waals surface area contributed by atoms with Gasteiger partial charge < -0.3 is 24.3 Å². The molecule has 1 N–H and O–H groups in total. The van der Waals surface area contributed by atoms with E-state index in [2.05, 4.69) is 40.0 Å². The average Bonchev–Trinajstić information content (AvgIpc) is 3.11. The molecule has 2 saturated heterocycles. The number of hydrogen-bond donors (Lipinski definition) is 1. The second-order valence-electron chi connectivity index (χ2n) is 12.6. The summed E-state index contributed by atoms with van der Waals surface area (Å²) >= 11 is 3.18. The van der Waals surface area contributed by atoms with Gasteiger partial charge >= 0.3 is 0 Å². The number of ether oxygens (including phenoxy) is 4. The first-order chi connectivity index (χ1) is 23.8. The van der Waals surface area contributed by atoms with Crippen LogP contribution in [-0.4, -0.2) is 67.4 Å². The molecule has 10 heteroatoms. The summed E-state index contributed by atoms with van der Waals surface area (Å²) in [6.45, 7) is 10.2. The minimum Gasteiger partial charge on any atom is -0.490 e. The third-order valence-electron chi connectivity index (χ3n) is 8.46. The van der Waals surface area contributed by atoms with Gasteiger partial charge in [-0.15, -0.1) is 12.4 Å². The van der Waals surface area contributed by atoms with Crippen LogP contribution in [0.2, 0.25) is 0 Å². The first-order valence-electron chi connectivity index (χ1n) is 17.0. The molecule has 0 aromatic heterocycles. The van der Waals surface area contributed by atoms with Crippen LogP contribution < -0.4 is 24.3 Å².